The molecule has 2 heterocycles. The largest absolute Gasteiger partial charge is 0.306 e. The minimum absolute atomic E-state index is 0.612. The van der Waals surface area contributed by atoms with Gasteiger partial charge >= 0.3 is 0 Å². The summed E-state index contributed by atoms with van der Waals surface area (Å²) in [7, 11) is 4.45. The number of likely N-dealkylation sites (tertiary alicyclic amines) is 1. The topological polar surface area (TPSA) is 21.8 Å². The van der Waals surface area contributed by atoms with Crippen LogP contribution in [0.25, 0.3) is 0 Å². The Labute approximate surface area is 106 Å². The molecule has 0 saturated carbocycles. The molecule has 1 N–H and O–H groups in total. The van der Waals surface area contributed by atoms with Gasteiger partial charge in [0.2, 0.25) is 0 Å². The third kappa shape index (κ3) is 3.91. The number of hydrazine groups is 1. The van der Waals surface area contributed by atoms with Crippen molar-refractivity contribution in [2.24, 2.45) is 5.92 Å². The molecule has 0 aromatic rings. The number of nitrogens with zero attached hydrogens (tertiary/aromatic N) is 3. The number of likely N-dealkylation sites (N-methyl/N-ethyl adjacent to an activating group) is 1. The molecule has 0 radical (unpaired) electrons. The molecule has 4 nitrogen and oxygen atoms in total. The number of hydrogen-bond acceptors (Lipinski definition) is 4. The lowest BCUT2D eigenvalue weighted by Crippen LogP contribution is -2.55. The van der Waals surface area contributed by atoms with Gasteiger partial charge in [0.05, 0.1) is 0 Å². The van der Waals surface area contributed by atoms with Crippen molar-refractivity contribution in [1.29, 1.82) is 0 Å². The first-order valence-corrected chi connectivity index (χ1v) is 7.03. The third-order valence-electron chi connectivity index (χ3n) is 4.26. The number of rotatable bonds is 3. The number of hydrogen-bond donors (Lipinski definition) is 1. The molecule has 2 atom stereocenters. The van der Waals surface area contributed by atoms with E-state index in [4.69, 9.17) is 0 Å². The Morgan fingerprint density at radius 1 is 1.00 bits per heavy atom. The van der Waals surface area contributed by atoms with Crippen molar-refractivity contribution in [3.8, 4) is 0 Å². The number of nitrogens with one attached hydrogen (secondary N) is 1. The molecular formula is C13H28N4. The first-order valence-electron chi connectivity index (χ1n) is 7.03. The molecule has 2 aliphatic rings. The van der Waals surface area contributed by atoms with Gasteiger partial charge in [-0.3, -0.25) is 5.43 Å². The van der Waals surface area contributed by atoms with Crippen LogP contribution in [0.5, 0.6) is 0 Å². The van der Waals surface area contributed by atoms with Gasteiger partial charge in [0.25, 0.3) is 0 Å². The van der Waals surface area contributed by atoms with Crippen LogP contribution in [-0.2, 0) is 0 Å². The van der Waals surface area contributed by atoms with E-state index in [1.807, 2.05) is 0 Å². The molecule has 0 bridgehead atoms. The smallest absolute Gasteiger partial charge is 0.0259 e. The van der Waals surface area contributed by atoms with Crippen LogP contribution in [0.4, 0.5) is 0 Å². The standard InChI is InChI=1S/C13H28N4/c1-12(13-5-4-6-16(3)11-13)14-17-9-7-15(2)8-10-17/h12-14H,4-11H2,1-3H3. The zero-order valence-corrected chi connectivity index (χ0v) is 11.7. The second kappa shape index (κ2) is 6.14. The van der Waals surface area contributed by atoms with Gasteiger partial charge in [-0.15, -0.1) is 0 Å². The summed E-state index contributed by atoms with van der Waals surface area (Å²) in [5, 5.41) is 2.42. The van der Waals surface area contributed by atoms with Gasteiger partial charge in [-0.2, -0.15) is 0 Å². The van der Waals surface area contributed by atoms with E-state index < -0.39 is 0 Å². The summed E-state index contributed by atoms with van der Waals surface area (Å²) in [5.41, 5.74) is 3.71. The average molecular weight is 240 g/mol. The highest BCUT2D eigenvalue weighted by atomic mass is 15.5. The van der Waals surface area contributed by atoms with Gasteiger partial charge in [-0.25, -0.2) is 5.01 Å². The van der Waals surface area contributed by atoms with E-state index in [9.17, 15) is 0 Å². The molecule has 0 aromatic carbocycles. The van der Waals surface area contributed by atoms with Crippen LogP contribution in [0.3, 0.4) is 0 Å². The monoisotopic (exact) mass is 240 g/mol. The Balaban J connectivity index is 1.74. The fourth-order valence-electron chi connectivity index (χ4n) is 2.94. The normalized spacial score (nSPS) is 31.6. The lowest BCUT2D eigenvalue weighted by atomic mass is 9.92. The molecule has 2 aliphatic heterocycles. The van der Waals surface area contributed by atoms with E-state index in [1.54, 1.807) is 0 Å². The van der Waals surface area contributed by atoms with E-state index >= 15 is 0 Å². The van der Waals surface area contributed by atoms with Crippen molar-refractivity contribution in [1.82, 2.24) is 20.2 Å². The Hall–Kier alpha value is -0.160. The summed E-state index contributed by atoms with van der Waals surface area (Å²) in [6.07, 6.45) is 2.74. The van der Waals surface area contributed by atoms with Crippen molar-refractivity contribution in [3.63, 3.8) is 0 Å². The van der Waals surface area contributed by atoms with Gasteiger partial charge in [-0.05, 0) is 46.3 Å². The molecular weight excluding hydrogens is 212 g/mol. The van der Waals surface area contributed by atoms with E-state index in [-0.39, 0.29) is 0 Å². The molecule has 2 saturated heterocycles. The molecule has 0 amide bonds. The van der Waals surface area contributed by atoms with Gasteiger partial charge in [0.15, 0.2) is 0 Å². The van der Waals surface area contributed by atoms with Crippen molar-refractivity contribution < 1.29 is 0 Å². The maximum Gasteiger partial charge on any atom is 0.0259 e. The second-order valence-electron chi connectivity index (χ2n) is 5.87. The fourth-order valence-corrected chi connectivity index (χ4v) is 2.94. The average Bonchev–Trinajstić information content (AvgIpc) is 2.32. The number of piperidine rings is 1. The molecule has 17 heavy (non-hydrogen) atoms. The molecule has 0 aliphatic carbocycles. The van der Waals surface area contributed by atoms with E-state index in [2.05, 4.69) is 41.3 Å². The van der Waals surface area contributed by atoms with E-state index in [0.29, 0.717) is 6.04 Å². The Morgan fingerprint density at radius 3 is 2.35 bits per heavy atom. The highest BCUT2D eigenvalue weighted by Crippen LogP contribution is 2.18. The van der Waals surface area contributed by atoms with Crippen LogP contribution in [-0.4, -0.2) is 74.2 Å². The summed E-state index contributed by atoms with van der Waals surface area (Å²) < 4.78 is 0. The lowest BCUT2D eigenvalue weighted by molar-refractivity contribution is 0.0632. The van der Waals surface area contributed by atoms with Crippen molar-refractivity contribution >= 4 is 0 Å². The summed E-state index contributed by atoms with van der Waals surface area (Å²) in [6, 6.07) is 0.612. The SMILES string of the molecule is CC(NN1CCN(C)CC1)C1CCCN(C)C1. The van der Waals surface area contributed by atoms with Crippen LogP contribution >= 0.6 is 0 Å². The minimum atomic E-state index is 0.612. The van der Waals surface area contributed by atoms with Crippen LogP contribution in [0.15, 0.2) is 0 Å². The molecule has 0 spiro atoms. The molecule has 4 heteroatoms. The summed E-state index contributed by atoms with van der Waals surface area (Å²) in [5.74, 6) is 0.813. The lowest BCUT2D eigenvalue weighted by Gasteiger charge is -2.39. The van der Waals surface area contributed by atoms with Crippen LogP contribution < -0.4 is 5.43 Å². The van der Waals surface area contributed by atoms with Crippen molar-refractivity contribution in [2.75, 3.05) is 53.4 Å². The van der Waals surface area contributed by atoms with Crippen molar-refractivity contribution in [2.45, 2.75) is 25.8 Å². The predicted octanol–water partition coefficient (Wildman–Crippen LogP) is 0.469. The Bertz CT molecular complexity index is 225. The highest BCUT2D eigenvalue weighted by molar-refractivity contribution is 4.79. The maximum atomic E-state index is 3.71. The maximum absolute atomic E-state index is 3.71. The van der Waals surface area contributed by atoms with E-state index in [0.717, 1.165) is 19.0 Å². The predicted molar refractivity (Wildman–Crippen MR) is 71.9 cm³/mol. The first kappa shape index (κ1) is 13.3. The van der Waals surface area contributed by atoms with Gasteiger partial charge in [-0.1, -0.05) is 0 Å². The summed E-state index contributed by atoms with van der Waals surface area (Å²) >= 11 is 0. The second-order valence-corrected chi connectivity index (χ2v) is 5.87. The van der Waals surface area contributed by atoms with Crippen molar-refractivity contribution in [3.05, 3.63) is 0 Å². The molecule has 2 fully saturated rings. The quantitative estimate of drug-likeness (QED) is 0.774. The minimum Gasteiger partial charge on any atom is -0.306 e. The van der Waals surface area contributed by atoms with Gasteiger partial charge < -0.3 is 9.80 Å². The van der Waals surface area contributed by atoms with Gasteiger partial charge in [0.1, 0.15) is 0 Å². The summed E-state index contributed by atoms with van der Waals surface area (Å²) in [4.78, 5) is 4.87. The van der Waals surface area contributed by atoms with Crippen LogP contribution in [0, 0.1) is 5.92 Å². The molecule has 0 aromatic heterocycles. The fraction of sp³-hybridized carbons (Fsp3) is 1.00. The molecule has 2 unspecified atom stereocenters. The zero-order valence-electron chi connectivity index (χ0n) is 11.7. The summed E-state index contributed by atoms with van der Waals surface area (Å²) in [6.45, 7) is 9.56. The van der Waals surface area contributed by atoms with Crippen LogP contribution in [0.2, 0.25) is 0 Å². The van der Waals surface area contributed by atoms with Crippen LogP contribution in [0.1, 0.15) is 19.8 Å². The van der Waals surface area contributed by atoms with Gasteiger partial charge in [0, 0.05) is 38.8 Å². The molecule has 100 valence electrons. The number of piperazine rings is 1. The Morgan fingerprint density at radius 2 is 1.71 bits per heavy atom. The first-order chi connectivity index (χ1) is 8.15. The third-order valence-corrected chi connectivity index (χ3v) is 4.26. The highest BCUT2D eigenvalue weighted by Gasteiger charge is 2.24. The molecule has 2 rings (SSSR count). The van der Waals surface area contributed by atoms with E-state index in [1.165, 1.54) is 39.0 Å². The Kier molecular flexibility index (Phi) is 4.79. The zero-order chi connectivity index (χ0) is 12.3.